The first-order chi connectivity index (χ1) is 6.31. The third-order valence-electron chi connectivity index (χ3n) is 2.76. The average Bonchev–Trinajstić information content (AvgIpc) is 2.16. The van der Waals surface area contributed by atoms with Gasteiger partial charge in [-0.15, -0.1) is 0 Å². The van der Waals surface area contributed by atoms with Crippen molar-refractivity contribution in [3.05, 3.63) is 29.8 Å². The molecule has 1 saturated carbocycles. The molecule has 70 valence electrons. The molecule has 1 aliphatic rings. The van der Waals surface area contributed by atoms with Crippen molar-refractivity contribution in [1.29, 1.82) is 0 Å². The molecule has 1 fully saturated rings. The molecular formula is C11H14O2. The first-order valence-electron chi connectivity index (χ1n) is 4.63. The van der Waals surface area contributed by atoms with Crippen molar-refractivity contribution in [2.24, 2.45) is 0 Å². The SMILES string of the molecule is COc1cccc(C2CCC2O)c1. The number of methoxy groups -OCH3 is 1. The van der Waals surface area contributed by atoms with Crippen LogP contribution in [0.25, 0.3) is 0 Å². The van der Waals surface area contributed by atoms with Gasteiger partial charge in [0.1, 0.15) is 5.75 Å². The molecule has 2 nitrogen and oxygen atoms in total. The van der Waals surface area contributed by atoms with E-state index in [4.69, 9.17) is 4.74 Å². The molecule has 2 heteroatoms. The summed E-state index contributed by atoms with van der Waals surface area (Å²) in [6.45, 7) is 0. The Morgan fingerprint density at radius 3 is 2.77 bits per heavy atom. The zero-order valence-corrected chi connectivity index (χ0v) is 7.73. The quantitative estimate of drug-likeness (QED) is 0.749. The van der Waals surface area contributed by atoms with E-state index in [1.807, 2.05) is 18.2 Å². The van der Waals surface area contributed by atoms with E-state index in [1.165, 1.54) is 5.56 Å². The number of rotatable bonds is 2. The van der Waals surface area contributed by atoms with Gasteiger partial charge < -0.3 is 9.84 Å². The lowest BCUT2D eigenvalue weighted by Crippen LogP contribution is -2.28. The topological polar surface area (TPSA) is 29.5 Å². The molecule has 0 aliphatic heterocycles. The summed E-state index contributed by atoms with van der Waals surface area (Å²) < 4.78 is 5.13. The third-order valence-corrected chi connectivity index (χ3v) is 2.76. The highest BCUT2D eigenvalue weighted by Crippen LogP contribution is 2.37. The Balaban J connectivity index is 2.20. The molecule has 1 aliphatic carbocycles. The number of hydrogen-bond donors (Lipinski definition) is 1. The highest BCUT2D eigenvalue weighted by atomic mass is 16.5. The Hall–Kier alpha value is -1.02. The Bertz CT molecular complexity index is 296. The van der Waals surface area contributed by atoms with Gasteiger partial charge in [-0.3, -0.25) is 0 Å². The second-order valence-corrected chi connectivity index (χ2v) is 3.53. The second-order valence-electron chi connectivity index (χ2n) is 3.53. The van der Waals surface area contributed by atoms with Crippen molar-refractivity contribution < 1.29 is 9.84 Å². The smallest absolute Gasteiger partial charge is 0.119 e. The molecule has 0 aromatic heterocycles. The van der Waals surface area contributed by atoms with Crippen molar-refractivity contribution >= 4 is 0 Å². The van der Waals surface area contributed by atoms with Gasteiger partial charge in [-0.2, -0.15) is 0 Å². The van der Waals surface area contributed by atoms with E-state index in [1.54, 1.807) is 7.11 Å². The van der Waals surface area contributed by atoms with Gasteiger partial charge in [0.15, 0.2) is 0 Å². The average molecular weight is 178 g/mol. The number of hydrogen-bond acceptors (Lipinski definition) is 2. The molecule has 0 amide bonds. The van der Waals surface area contributed by atoms with E-state index < -0.39 is 0 Å². The van der Waals surface area contributed by atoms with Crippen LogP contribution in [0.2, 0.25) is 0 Å². The van der Waals surface area contributed by atoms with Gasteiger partial charge >= 0.3 is 0 Å². The van der Waals surface area contributed by atoms with Crippen molar-refractivity contribution in [2.75, 3.05) is 7.11 Å². The van der Waals surface area contributed by atoms with Crippen molar-refractivity contribution in [3.8, 4) is 5.75 Å². The van der Waals surface area contributed by atoms with Gasteiger partial charge in [0.05, 0.1) is 13.2 Å². The Labute approximate surface area is 78.2 Å². The molecule has 2 rings (SSSR count). The van der Waals surface area contributed by atoms with Crippen LogP contribution in [0.5, 0.6) is 5.75 Å². The number of ether oxygens (including phenoxy) is 1. The number of benzene rings is 1. The minimum Gasteiger partial charge on any atom is -0.497 e. The third kappa shape index (κ3) is 1.54. The maximum atomic E-state index is 9.48. The first kappa shape index (κ1) is 8.57. The van der Waals surface area contributed by atoms with E-state index in [0.29, 0.717) is 5.92 Å². The molecule has 1 N–H and O–H groups in total. The highest BCUT2D eigenvalue weighted by Gasteiger charge is 2.30. The predicted octanol–water partition coefficient (Wildman–Crippen LogP) is 1.93. The maximum absolute atomic E-state index is 9.48. The Morgan fingerprint density at radius 2 is 2.23 bits per heavy atom. The van der Waals surface area contributed by atoms with Crippen molar-refractivity contribution in [2.45, 2.75) is 24.9 Å². The Morgan fingerprint density at radius 1 is 1.38 bits per heavy atom. The minimum atomic E-state index is -0.146. The molecule has 13 heavy (non-hydrogen) atoms. The van der Waals surface area contributed by atoms with E-state index in [0.717, 1.165) is 18.6 Å². The molecule has 0 heterocycles. The maximum Gasteiger partial charge on any atom is 0.119 e. The van der Waals surface area contributed by atoms with Crippen LogP contribution < -0.4 is 4.74 Å². The highest BCUT2D eigenvalue weighted by molar-refractivity contribution is 5.32. The van der Waals surface area contributed by atoms with Crippen LogP contribution in [0.15, 0.2) is 24.3 Å². The lowest BCUT2D eigenvalue weighted by Gasteiger charge is -2.32. The normalized spacial score (nSPS) is 26.6. The molecule has 1 aromatic rings. The predicted molar refractivity (Wildman–Crippen MR) is 51.0 cm³/mol. The monoisotopic (exact) mass is 178 g/mol. The first-order valence-corrected chi connectivity index (χ1v) is 4.63. The van der Waals surface area contributed by atoms with E-state index >= 15 is 0 Å². The number of aliphatic hydroxyl groups excluding tert-OH is 1. The summed E-state index contributed by atoms with van der Waals surface area (Å²) in [5.41, 5.74) is 1.19. The van der Waals surface area contributed by atoms with Crippen LogP contribution in [0.3, 0.4) is 0 Å². The molecule has 0 bridgehead atoms. The lowest BCUT2D eigenvalue weighted by atomic mass is 9.77. The zero-order chi connectivity index (χ0) is 9.26. The summed E-state index contributed by atoms with van der Waals surface area (Å²) >= 11 is 0. The molecule has 0 saturated heterocycles. The summed E-state index contributed by atoms with van der Waals surface area (Å²) in [6.07, 6.45) is 1.88. The standard InChI is InChI=1S/C11H14O2/c1-13-9-4-2-3-8(7-9)10-5-6-11(10)12/h2-4,7,10-12H,5-6H2,1H3. The van der Waals surface area contributed by atoms with Crippen LogP contribution in [0.1, 0.15) is 24.3 Å². The van der Waals surface area contributed by atoms with Gasteiger partial charge in [-0.1, -0.05) is 12.1 Å². The van der Waals surface area contributed by atoms with Gasteiger partial charge in [-0.05, 0) is 30.5 Å². The Kier molecular flexibility index (Phi) is 2.23. The fourth-order valence-electron chi connectivity index (χ4n) is 1.74. The summed E-state index contributed by atoms with van der Waals surface area (Å²) in [5, 5.41) is 9.48. The van der Waals surface area contributed by atoms with Gasteiger partial charge in [0, 0.05) is 5.92 Å². The van der Waals surface area contributed by atoms with Gasteiger partial charge in [0.2, 0.25) is 0 Å². The summed E-state index contributed by atoms with van der Waals surface area (Å²) in [5.74, 6) is 1.20. The molecule has 0 spiro atoms. The molecule has 1 aromatic carbocycles. The fourth-order valence-corrected chi connectivity index (χ4v) is 1.74. The van der Waals surface area contributed by atoms with Crippen molar-refractivity contribution in [1.82, 2.24) is 0 Å². The van der Waals surface area contributed by atoms with Crippen LogP contribution in [-0.2, 0) is 0 Å². The molecule has 2 unspecified atom stereocenters. The summed E-state index contributed by atoms with van der Waals surface area (Å²) in [7, 11) is 1.66. The van der Waals surface area contributed by atoms with Crippen molar-refractivity contribution in [3.63, 3.8) is 0 Å². The molecule has 2 atom stereocenters. The van der Waals surface area contributed by atoms with Crippen LogP contribution >= 0.6 is 0 Å². The van der Waals surface area contributed by atoms with Gasteiger partial charge in [-0.25, -0.2) is 0 Å². The minimum absolute atomic E-state index is 0.146. The van der Waals surface area contributed by atoms with Gasteiger partial charge in [0.25, 0.3) is 0 Å². The zero-order valence-electron chi connectivity index (χ0n) is 7.73. The van der Waals surface area contributed by atoms with Crippen LogP contribution in [0.4, 0.5) is 0 Å². The van der Waals surface area contributed by atoms with E-state index in [2.05, 4.69) is 6.07 Å². The van der Waals surface area contributed by atoms with Crippen LogP contribution in [-0.4, -0.2) is 18.3 Å². The second kappa shape index (κ2) is 3.38. The molecular weight excluding hydrogens is 164 g/mol. The fraction of sp³-hybridized carbons (Fsp3) is 0.455. The summed E-state index contributed by atoms with van der Waals surface area (Å²) in [4.78, 5) is 0. The molecule has 0 radical (unpaired) electrons. The van der Waals surface area contributed by atoms with E-state index in [9.17, 15) is 5.11 Å². The van der Waals surface area contributed by atoms with Crippen LogP contribution in [0, 0.1) is 0 Å². The largest absolute Gasteiger partial charge is 0.497 e. The summed E-state index contributed by atoms with van der Waals surface area (Å²) in [6, 6.07) is 7.95. The number of aliphatic hydroxyl groups is 1. The van der Waals surface area contributed by atoms with E-state index in [-0.39, 0.29) is 6.10 Å². The lowest BCUT2D eigenvalue weighted by molar-refractivity contribution is 0.0660.